The smallest absolute Gasteiger partial charge is 0.0568 e. The maximum Gasteiger partial charge on any atom is 0.0568 e. The molecule has 4 fully saturated rings. The molecule has 0 aromatic rings. The summed E-state index contributed by atoms with van der Waals surface area (Å²) in [5.74, 6) is 5.23. The highest BCUT2D eigenvalue weighted by atomic mass is 16.3. The first-order valence-corrected chi connectivity index (χ1v) is 13.1. The maximum absolute atomic E-state index is 11.0. The summed E-state index contributed by atoms with van der Waals surface area (Å²) in [4.78, 5) is 0. The molecular weight excluding hydrogens is 356 g/mol. The Morgan fingerprint density at radius 2 is 1.59 bits per heavy atom. The molecule has 2 heteroatoms. The van der Waals surface area contributed by atoms with Gasteiger partial charge in [0.1, 0.15) is 0 Å². The van der Waals surface area contributed by atoms with Crippen molar-refractivity contribution in [2.45, 2.75) is 111 Å². The summed E-state index contributed by atoms with van der Waals surface area (Å²) in [7, 11) is 0. The number of hydrogen-bond acceptors (Lipinski definition) is 2. The van der Waals surface area contributed by atoms with E-state index in [1.807, 2.05) is 0 Å². The Morgan fingerprint density at radius 1 is 0.828 bits per heavy atom. The largest absolute Gasteiger partial charge is 0.396 e. The zero-order valence-electron chi connectivity index (χ0n) is 19.7. The standard InChI is InChI=1S/C27H48O2/c1-18(17-28)8-13-25(29)19(2)22-11-12-23-21-10-9-20-7-5-6-15-26(20,3)24(21)14-16-27(22,23)4/h18-25,28-29H,5-17H2,1-4H3/t18-,19+,20?,21+,22-,23+,24+,25?,26+,27-/m1/s1. The normalized spacial score (nSPS) is 47.6. The molecule has 10 atom stereocenters. The minimum absolute atomic E-state index is 0.200. The fourth-order valence-corrected chi connectivity index (χ4v) is 9.28. The third kappa shape index (κ3) is 3.73. The molecule has 2 nitrogen and oxygen atoms in total. The molecule has 168 valence electrons. The van der Waals surface area contributed by atoms with Crippen molar-refractivity contribution in [1.29, 1.82) is 0 Å². The van der Waals surface area contributed by atoms with E-state index in [0.29, 0.717) is 28.6 Å². The molecule has 4 aliphatic carbocycles. The summed E-state index contributed by atoms with van der Waals surface area (Å²) in [5, 5.41) is 20.3. The van der Waals surface area contributed by atoms with Gasteiger partial charge in [0.05, 0.1) is 6.10 Å². The average molecular weight is 405 g/mol. The molecule has 29 heavy (non-hydrogen) atoms. The van der Waals surface area contributed by atoms with Gasteiger partial charge in [-0.15, -0.1) is 0 Å². The minimum atomic E-state index is -0.200. The van der Waals surface area contributed by atoms with Crippen molar-refractivity contribution in [1.82, 2.24) is 0 Å². The monoisotopic (exact) mass is 404 g/mol. The van der Waals surface area contributed by atoms with Crippen molar-refractivity contribution in [2.24, 2.45) is 52.3 Å². The first-order chi connectivity index (χ1) is 13.8. The van der Waals surface area contributed by atoms with Crippen LogP contribution in [0, 0.1) is 52.3 Å². The number of hydrogen-bond donors (Lipinski definition) is 2. The van der Waals surface area contributed by atoms with Crippen molar-refractivity contribution in [2.75, 3.05) is 6.61 Å². The summed E-state index contributed by atoms with van der Waals surface area (Å²) in [6, 6.07) is 0. The number of fused-ring (bicyclic) bond motifs is 5. The Morgan fingerprint density at radius 3 is 2.34 bits per heavy atom. The van der Waals surface area contributed by atoms with Gasteiger partial charge in [-0.3, -0.25) is 0 Å². The summed E-state index contributed by atoms with van der Waals surface area (Å²) in [5.41, 5.74) is 1.08. The lowest BCUT2D eigenvalue weighted by atomic mass is 9.44. The lowest BCUT2D eigenvalue weighted by molar-refractivity contribution is -0.118. The van der Waals surface area contributed by atoms with Gasteiger partial charge in [-0.05, 0) is 116 Å². The summed E-state index contributed by atoms with van der Waals surface area (Å²) in [6.45, 7) is 9.96. The molecule has 0 saturated heterocycles. The topological polar surface area (TPSA) is 40.5 Å². The van der Waals surface area contributed by atoms with Crippen molar-refractivity contribution < 1.29 is 10.2 Å². The van der Waals surface area contributed by atoms with Crippen LogP contribution >= 0.6 is 0 Å². The SMILES string of the molecule is C[C@@H](CO)CCC(O)[C@@H](C)[C@H]1CC[C@H]2[C@@H]3CCC4CCCC[C@]4(C)[C@H]3CC[C@]12C. The van der Waals surface area contributed by atoms with Crippen LogP contribution in [0.2, 0.25) is 0 Å². The van der Waals surface area contributed by atoms with Crippen molar-refractivity contribution >= 4 is 0 Å². The van der Waals surface area contributed by atoms with Crippen LogP contribution in [0.3, 0.4) is 0 Å². The molecule has 4 rings (SSSR count). The molecule has 2 N–H and O–H groups in total. The second kappa shape index (κ2) is 8.45. The van der Waals surface area contributed by atoms with E-state index in [2.05, 4.69) is 27.7 Å². The van der Waals surface area contributed by atoms with E-state index in [4.69, 9.17) is 0 Å². The van der Waals surface area contributed by atoms with Crippen LogP contribution in [0.25, 0.3) is 0 Å². The Balaban J connectivity index is 1.46. The van der Waals surface area contributed by atoms with Gasteiger partial charge in [-0.25, -0.2) is 0 Å². The maximum atomic E-state index is 11.0. The van der Waals surface area contributed by atoms with Crippen LogP contribution in [0.4, 0.5) is 0 Å². The predicted molar refractivity (Wildman–Crippen MR) is 120 cm³/mol. The number of aliphatic hydroxyl groups excluding tert-OH is 2. The lowest BCUT2D eigenvalue weighted by Gasteiger charge is -2.61. The second-order valence-corrected chi connectivity index (χ2v) is 12.4. The molecule has 0 spiro atoms. The van der Waals surface area contributed by atoms with Crippen molar-refractivity contribution in [3.8, 4) is 0 Å². The van der Waals surface area contributed by atoms with Gasteiger partial charge in [0, 0.05) is 6.61 Å². The van der Waals surface area contributed by atoms with Crippen LogP contribution in [0.15, 0.2) is 0 Å². The van der Waals surface area contributed by atoms with E-state index in [0.717, 1.165) is 36.5 Å². The van der Waals surface area contributed by atoms with Crippen molar-refractivity contribution in [3.63, 3.8) is 0 Å². The molecule has 0 aromatic heterocycles. The molecule has 0 amide bonds. The fourth-order valence-electron chi connectivity index (χ4n) is 9.28. The van der Waals surface area contributed by atoms with Crippen LogP contribution in [-0.2, 0) is 0 Å². The molecule has 0 bridgehead atoms. The summed E-state index contributed by atoms with van der Waals surface area (Å²) in [6.07, 6.45) is 16.1. The van der Waals surface area contributed by atoms with Gasteiger partial charge in [0.2, 0.25) is 0 Å². The average Bonchev–Trinajstić information content (AvgIpc) is 3.07. The third-order valence-electron chi connectivity index (χ3n) is 11.2. The van der Waals surface area contributed by atoms with Gasteiger partial charge < -0.3 is 10.2 Å². The van der Waals surface area contributed by atoms with E-state index in [1.54, 1.807) is 0 Å². The van der Waals surface area contributed by atoms with Crippen LogP contribution in [-0.4, -0.2) is 22.9 Å². The van der Waals surface area contributed by atoms with Crippen LogP contribution in [0.1, 0.15) is 105 Å². The molecule has 4 saturated carbocycles. The quantitative estimate of drug-likeness (QED) is 0.534. The molecule has 0 aromatic carbocycles. The van der Waals surface area contributed by atoms with Gasteiger partial charge in [-0.1, -0.05) is 40.5 Å². The van der Waals surface area contributed by atoms with Gasteiger partial charge >= 0.3 is 0 Å². The molecule has 0 aliphatic heterocycles. The molecule has 0 heterocycles. The minimum Gasteiger partial charge on any atom is -0.396 e. The number of aliphatic hydroxyl groups is 2. The van der Waals surface area contributed by atoms with Crippen LogP contribution in [0.5, 0.6) is 0 Å². The Hall–Kier alpha value is -0.0800. The molecular formula is C27H48O2. The van der Waals surface area contributed by atoms with E-state index in [-0.39, 0.29) is 12.7 Å². The third-order valence-corrected chi connectivity index (χ3v) is 11.2. The van der Waals surface area contributed by atoms with Crippen LogP contribution < -0.4 is 0 Å². The Labute approximate surface area is 180 Å². The Bertz CT molecular complexity index is 561. The zero-order chi connectivity index (χ0) is 20.8. The lowest BCUT2D eigenvalue weighted by Crippen LogP contribution is -2.53. The second-order valence-electron chi connectivity index (χ2n) is 12.4. The highest BCUT2D eigenvalue weighted by Gasteiger charge is 2.60. The van der Waals surface area contributed by atoms with Gasteiger partial charge in [0.25, 0.3) is 0 Å². The summed E-state index contributed by atoms with van der Waals surface area (Å²) < 4.78 is 0. The van der Waals surface area contributed by atoms with E-state index < -0.39 is 0 Å². The zero-order valence-corrected chi connectivity index (χ0v) is 19.7. The predicted octanol–water partition coefficient (Wildman–Crippen LogP) is 6.44. The molecule has 0 radical (unpaired) electrons. The number of rotatable bonds is 6. The first-order valence-electron chi connectivity index (χ1n) is 13.1. The highest BCUT2D eigenvalue weighted by Crippen LogP contribution is 2.68. The highest BCUT2D eigenvalue weighted by molar-refractivity contribution is 5.09. The fraction of sp³-hybridized carbons (Fsp3) is 1.00. The summed E-state index contributed by atoms with van der Waals surface area (Å²) >= 11 is 0. The Kier molecular flexibility index (Phi) is 6.45. The van der Waals surface area contributed by atoms with Crippen molar-refractivity contribution in [3.05, 3.63) is 0 Å². The van der Waals surface area contributed by atoms with Gasteiger partial charge in [0.15, 0.2) is 0 Å². The van der Waals surface area contributed by atoms with E-state index >= 15 is 0 Å². The molecule has 2 unspecified atom stereocenters. The molecule has 4 aliphatic rings. The van der Waals surface area contributed by atoms with E-state index in [9.17, 15) is 10.2 Å². The van der Waals surface area contributed by atoms with E-state index in [1.165, 1.54) is 64.2 Å². The van der Waals surface area contributed by atoms with Gasteiger partial charge in [-0.2, -0.15) is 0 Å². The first kappa shape index (κ1) is 22.1.